The second kappa shape index (κ2) is 7.69. The summed E-state index contributed by atoms with van der Waals surface area (Å²) >= 11 is 0. The van der Waals surface area contributed by atoms with Crippen molar-refractivity contribution in [3.63, 3.8) is 0 Å². The quantitative estimate of drug-likeness (QED) is 0.720. The molecule has 0 bridgehead atoms. The number of methoxy groups -OCH3 is 3. The lowest BCUT2D eigenvalue weighted by atomic mass is 10.1. The Morgan fingerprint density at radius 1 is 0.885 bits per heavy atom. The maximum absolute atomic E-state index is 13.1. The molecule has 0 unspecified atom stereocenters. The zero-order chi connectivity index (χ0) is 18.5. The highest BCUT2D eigenvalue weighted by molar-refractivity contribution is 5.67. The van der Waals surface area contributed by atoms with Crippen LogP contribution in [0.3, 0.4) is 0 Å². The van der Waals surface area contributed by atoms with Crippen LogP contribution in [0.25, 0.3) is 11.3 Å². The Kier molecular flexibility index (Phi) is 5.17. The number of rotatable bonds is 6. The number of hydrogen-bond donors (Lipinski definition) is 1. The fraction of sp³-hybridized carbons (Fsp3) is 0.158. The Morgan fingerprint density at radius 2 is 1.54 bits per heavy atom. The summed E-state index contributed by atoms with van der Waals surface area (Å²) in [6, 6.07) is 11.4. The van der Waals surface area contributed by atoms with Crippen LogP contribution in [0.4, 0.5) is 16.0 Å². The summed E-state index contributed by atoms with van der Waals surface area (Å²) in [6.45, 7) is 0. The number of anilines is 2. The van der Waals surface area contributed by atoms with Crippen molar-refractivity contribution in [3.05, 3.63) is 54.5 Å². The third kappa shape index (κ3) is 3.66. The van der Waals surface area contributed by atoms with E-state index in [-0.39, 0.29) is 5.82 Å². The van der Waals surface area contributed by atoms with E-state index in [9.17, 15) is 4.39 Å². The summed E-state index contributed by atoms with van der Waals surface area (Å²) in [5.41, 5.74) is 2.15. The van der Waals surface area contributed by atoms with Crippen molar-refractivity contribution < 1.29 is 18.6 Å². The molecule has 3 rings (SSSR count). The van der Waals surface area contributed by atoms with Crippen molar-refractivity contribution in [2.45, 2.75) is 0 Å². The minimum absolute atomic E-state index is 0.293. The van der Waals surface area contributed by atoms with Gasteiger partial charge in [-0.25, -0.2) is 14.4 Å². The second-order valence-electron chi connectivity index (χ2n) is 5.31. The molecule has 7 heteroatoms. The van der Waals surface area contributed by atoms with Crippen LogP contribution < -0.4 is 19.5 Å². The van der Waals surface area contributed by atoms with E-state index in [0.29, 0.717) is 34.6 Å². The van der Waals surface area contributed by atoms with Gasteiger partial charge in [0.1, 0.15) is 5.82 Å². The van der Waals surface area contributed by atoms with Crippen molar-refractivity contribution in [1.82, 2.24) is 9.97 Å². The van der Waals surface area contributed by atoms with Gasteiger partial charge in [-0.2, -0.15) is 0 Å². The fourth-order valence-electron chi connectivity index (χ4n) is 2.48. The minimum Gasteiger partial charge on any atom is -0.493 e. The molecular weight excluding hydrogens is 337 g/mol. The minimum atomic E-state index is -0.293. The van der Waals surface area contributed by atoms with Gasteiger partial charge in [0.15, 0.2) is 11.5 Å². The van der Waals surface area contributed by atoms with Gasteiger partial charge >= 0.3 is 0 Å². The van der Waals surface area contributed by atoms with E-state index in [4.69, 9.17) is 14.2 Å². The summed E-state index contributed by atoms with van der Waals surface area (Å²) in [5.74, 6) is 1.63. The molecule has 0 saturated heterocycles. The molecule has 1 N–H and O–H groups in total. The molecule has 134 valence electrons. The Labute approximate surface area is 150 Å². The summed E-state index contributed by atoms with van der Waals surface area (Å²) < 4.78 is 29.1. The van der Waals surface area contributed by atoms with Crippen LogP contribution in [0, 0.1) is 5.82 Å². The molecule has 0 aliphatic heterocycles. The number of nitrogens with one attached hydrogen (secondary N) is 1. The molecule has 1 heterocycles. The smallest absolute Gasteiger partial charge is 0.227 e. The van der Waals surface area contributed by atoms with Gasteiger partial charge in [-0.3, -0.25) is 0 Å². The highest BCUT2D eigenvalue weighted by atomic mass is 19.1. The Morgan fingerprint density at radius 3 is 2.12 bits per heavy atom. The molecule has 0 aliphatic carbocycles. The number of benzene rings is 2. The number of nitrogens with zero attached hydrogens (tertiary/aromatic N) is 2. The molecule has 0 aliphatic rings. The maximum Gasteiger partial charge on any atom is 0.227 e. The first-order chi connectivity index (χ1) is 12.6. The largest absolute Gasteiger partial charge is 0.493 e. The third-order valence-electron chi connectivity index (χ3n) is 3.72. The van der Waals surface area contributed by atoms with Crippen molar-refractivity contribution in [2.24, 2.45) is 0 Å². The average Bonchev–Trinajstić information content (AvgIpc) is 2.68. The first-order valence-electron chi connectivity index (χ1n) is 7.80. The lowest BCUT2D eigenvalue weighted by Crippen LogP contribution is -2.00. The van der Waals surface area contributed by atoms with Crippen molar-refractivity contribution in [3.8, 4) is 28.5 Å². The summed E-state index contributed by atoms with van der Waals surface area (Å²) in [7, 11) is 4.64. The van der Waals surface area contributed by atoms with Gasteiger partial charge in [0.05, 0.1) is 27.0 Å². The van der Waals surface area contributed by atoms with E-state index < -0.39 is 0 Å². The summed E-state index contributed by atoms with van der Waals surface area (Å²) in [5, 5.41) is 3.11. The van der Waals surface area contributed by atoms with Gasteiger partial charge < -0.3 is 19.5 Å². The average molecular weight is 355 g/mol. The van der Waals surface area contributed by atoms with Crippen LogP contribution in [0.2, 0.25) is 0 Å². The van der Waals surface area contributed by atoms with E-state index in [0.717, 1.165) is 5.56 Å². The standard InChI is InChI=1S/C19H18FN3O3/c1-24-16-10-14(11-17(25-2)18(16)26-3)22-19-21-9-8-15(23-19)12-4-6-13(20)7-5-12/h4-11H,1-3H3,(H,21,22,23). The molecule has 0 saturated carbocycles. The topological polar surface area (TPSA) is 65.5 Å². The third-order valence-corrected chi connectivity index (χ3v) is 3.72. The monoisotopic (exact) mass is 355 g/mol. The number of hydrogen-bond acceptors (Lipinski definition) is 6. The molecule has 0 radical (unpaired) electrons. The van der Waals surface area contributed by atoms with Crippen LogP contribution in [-0.4, -0.2) is 31.3 Å². The van der Waals surface area contributed by atoms with Gasteiger partial charge in [0, 0.05) is 29.6 Å². The van der Waals surface area contributed by atoms with E-state index in [1.807, 2.05) is 0 Å². The molecule has 2 aromatic carbocycles. The number of ether oxygens (including phenoxy) is 3. The van der Waals surface area contributed by atoms with Crippen molar-refractivity contribution in [2.75, 3.05) is 26.6 Å². The second-order valence-corrected chi connectivity index (χ2v) is 5.31. The Balaban J connectivity index is 1.92. The molecule has 3 aromatic rings. The summed E-state index contributed by atoms with van der Waals surface area (Å²) in [4.78, 5) is 8.69. The van der Waals surface area contributed by atoms with E-state index >= 15 is 0 Å². The predicted molar refractivity (Wildman–Crippen MR) is 96.8 cm³/mol. The molecular formula is C19H18FN3O3. The lowest BCUT2D eigenvalue weighted by molar-refractivity contribution is 0.324. The van der Waals surface area contributed by atoms with E-state index in [1.165, 1.54) is 12.1 Å². The molecule has 0 amide bonds. The zero-order valence-corrected chi connectivity index (χ0v) is 14.6. The van der Waals surface area contributed by atoms with Crippen molar-refractivity contribution >= 4 is 11.6 Å². The maximum atomic E-state index is 13.1. The lowest BCUT2D eigenvalue weighted by Gasteiger charge is -2.14. The first kappa shape index (κ1) is 17.5. The Hall–Kier alpha value is -3.35. The van der Waals surface area contributed by atoms with Crippen LogP contribution in [0.15, 0.2) is 48.7 Å². The van der Waals surface area contributed by atoms with Gasteiger partial charge in [0.2, 0.25) is 11.7 Å². The van der Waals surface area contributed by atoms with Crippen LogP contribution >= 0.6 is 0 Å². The normalized spacial score (nSPS) is 10.3. The van der Waals surface area contributed by atoms with Gasteiger partial charge in [0.25, 0.3) is 0 Å². The number of halogens is 1. The fourth-order valence-corrected chi connectivity index (χ4v) is 2.48. The Bertz CT molecular complexity index is 876. The first-order valence-corrected chi connectivity index (χ1v) is 7.80. The molecule has 0 fully saturated rings. The van der Waals surface area contributed by atoms with Gasteiger partial charge in [-0.1, -0.05) is 0 Å². The highest BCUT2D eigenvalue weighted by Crippen LogP contribution is 2.40. The number of aromatic nitrogens is 2. The van der Waals surface area contributed by atoms with Crippen molar-refractivity contribution in [1.29, 1.82) is 0 Å². The molecule has 0 atom stereocenters. The van der Waals surface area contributed by atoms with Gasteiger partial charge in [-0.15, -0.1) is 0 Å². The summed E-state index contributed by atoms with van der Waals surface area (Å²) in [6.07, 6.45) is 1.63. The molecule has 6 nitrogen and oxygen atoms in total. The van der Waals surface area contributed by atoms with Crippen LogP contribution in [-0.2, 0) is 0 Å². The SMILES string of the molecule is COc1cc(Nc2nccc(-c3ccc(F)cc3)n2)cc(OC)c1OC. The molecule has 1 aromatic heterocycles. The van der Waals surface area contributed by atoms with E-state index in [1.54, 1.807) is 57.9 Å². The molecule has 26 heavy (non-hydrogen) atoms. The van der Waals surface area contributed by atoms with E-state index in [2.05, 4.69) is 15.3 Å². The zero-order valence-electron chi connectivity index (χ0n) is 14.6. The predicted octanol–water partition coefficient (Wildman–Crippen LogP) is 4.05. The van der Waals surface area contributed by atoms with Gasteiger partial charge in [-0.05, 0) is 30.3 Å². The molecule has 0 spiro atoms. The highest BCUT2D eigenvalue weighted by Gasteiger charge is 2.14. The van der Waals surface area contributed by atoms with Crippen LogP contribution in [0.1, 0.15) is 0 Å². The van der Waals surface area contributed by atoms with Crippen LogP contribution in [0.5, 0.6) is 17.2 Å².